The lowest BCUT2D eigenvalue weighted by Gasteiger charge is -2.21. The van der Waals surface area contributed by atoms with E-state index in [0.717, 1.165) is 4.47 Å². The Kier molecular flexibility index (Phi) is 5.36. The highest BCUT2D eigenvalue weighted by Crippen LogP contribution is 2.34. The quantitative estimate of drug-likeness (QED) is 0.757. The number of benzene rings is 2. The molecule has 0 saturated carbocycles. The van der Waals surface area contributed by atoms with Crippen molar-refractivity contribution in [3.05, 3.63) is 68.2 Å². The maximum Gasteiger partial charge on any atom is 0.128 e. The first-order valence-electron chi connectivity index (χ1n) is 6.58. The molecule has 1 unspecified atom stereocenters. The summed E-state index contributed by atoms with van der Waals surface area (Å²) in [5.41, 5.74) is 1.24. The van der Waals surface area contributed by atoms with Crippen molar-refractivity contribution < 1.29 is 8.78 Å². The molecule has 21 heavy (non-hydrogen) atoms. The molecule has 0 heterocycles. The van der Waals surface area contributed by atoms with Crippen molar-refractivity contribution in [1.82, 2.24) is 5.32 Å². The zero-order valence-electron chi connectivity index (χ0n) is 11.7. The van der Waals surface area contributed by atoms with E-state index in [1.807, 2.05) is 13.0 Å². The summed E-state index contributed by atoms with van der Waals surface area (Å²) in [5.74, 6) is -0.878. The number of halogens is 4. The summed E-state index contributed by atoms with van der Waals surface area (Å²) in [6, 6.07) is 7.36. The van der Waals surface area contributed by atoms with Gasteiger partial charge < -0.3 is 5.32 Å². The van der Waals surface area contributed by atoms with Crippen molar-refractivity contribution in [2.45, 2.75) is 19.9 Å². The molecule has 0 fully saturated rings. The maximum atomic E-state index is 14.3. The predicted molar refractivity (Wildman–Crippen MR) is 85.8 cm³/mol. The van der Waals surface area contributed by atoms with E-state index in [2.05, 4.69) is 21.2 Å². The molecule has 2 aromatic carbocycles. The summed E-state index contributed by atoms with van der Waals surface area (Å²) in [6.45, 7) is 4.04. The number of hydrogen-bond acceptors (Lipinski definition) is 1. The molecule has 0 aliphatic rings. The van der Waals surface area contributed by atoms with Gasteiger partial charge in [-0.2, -0.15) is 0 Å². The summed E-state index contributed by atoms with van der Waals surface area (Å²) in [6.07, 6.45) is 0. The molecule has 2 rings (SSSR count). The molecule has 5 heteroatoms. The topological polar surface area (TPSA) is 12.0 Å². The van der Waals surface area contributed by atoms with Gasteiger partial charge in [-0.1, -0.05) is 30.7 Å². The number of rotatable bonds is 4. The highest BCUT2D eigenvalue weighted by Gasteiger charge is 2.21. The van der Waals surface area contributed by atoms with E-state index in [1.165, 1.54) is 19.1 Å². The van der Waals surface area contributed by atoms with Crippen LogP contribution in [0, 0.1) is 18.6 Å². The van der Waals surface area contributed by atoms with Gasteiger partial charge in [-0.05, 0) is 58.7 Å². The van der Waals surface area contributed by atoms with Crippen molar-refractivity contribution in [1.29, 1.82) is 0 Å². The molecule has 0 saturated heterocycles. The number of nitrogens with one attached hydrogen (secondary N) is 1. The second-order valence-corrected chi connectivity index (χ2v) is 5.99. The average Bonchev–Trinajstić information content (AvgIpc) is 2.44. The third-order valence-corrected chi connectivity index (χ3v) is 4.60. The first-order valence-corrected chi connectivity index (χ1v) is 7.75. The summed E-state index contributed by atoms with van der Waals surface area (Å²) in [7, 11) is 0. The van der Waals surface area contributed by atoms with E-state index >= 15 is 0 Å². The van der Waals surface area contributed by atoms with Crippen LogP contribution in [-0.4, -0.2) is 6.54 Å². The van der Waals surface area contributed by atoms with Gasteiger partial charge in [0.1, 0.15) is 11.6 Å². The van der Waals surface area contributed by atoms with E-state index in [1.54, 1.807) is 12.1 Å². The predicted octanol–water partition coefficient (Wildman–Crippen LogP) is 5.39. The lowest BCUT2D eigenvalue weighted by molar-refractivity contribution is 0.541. The minimum Gasteiger partial charge on any atom is -0.306 e. The van der Waals surface area contributed by atoms with Crippen LogP contribution < -0.4 is 5.32 Å². The summed E-state index contributed by atoms with van der Waals surface area (Å²) >= 11 is 9.65. The van der Waals surface area contributed by atoms with E-state index in [9.17, 15) is 8.78 Å². The van der Waals surface area contributed by atoms with E-state index in [4.69, 9.17) is 11.6 Å². The molecule has 0 aliphatic carbocycles. The minimum atomic E-state index is -0.505. The standard InChI is InChI=1S/C16H15BrClF2N/c1-3-21-16(10-5-4-6-12(17)15(10)18)11-8-13(19)9(2)7-14(11)20/h4-8,16,21H,3H2,1-2H3. The largest absolute Gasteiger partial charge is 0.306 e. The van der Waals surface area contributed by atoms with Gasteiger partial charge in [-0.15, -0.1) is 0 Å². The van der Waals surface area contributed by atoms with Gasteiger partial charge >= 0.3 is 0 Å². The summed E-state index contributed by atoms with van der Waals surface area (Å²) in [5, 5.41) is 3.65. The molecule has 0 spiro atoms. The van der Waals surface area contributed by atoms with Gasteiger partial charge in [0.05, 0.1) is 11.1 Å². The Balaban J connectivity index is 2.59. The molecule has 1 nitrogen and oxygen atoms in total. The SMILES string of the molecule is CCNC(c1cc(F)c(C)cc1F)c1cccc(Br)c1Cl. The Labute approximate surface area is 136 Å². The van der Waals surface area contributed by atoms with Crippen molar-refractivity contribution >= 4 is 27.5 Å². The fraction of sp³-hybridized carbons (Fsp3) is 0.250. The lowest BCUT2D eigenvalue weighted by atomic mass is 9.96. The fourth-order valence-corrected chi connectivity index (χ4v) is 2.83. The Morgan fingerprint density at radius 3 is 2.57 bits per heavy atom. The van der Waals surface area contributed by atoms with E-state index in [0.29, 0.717) is 17.1 Å². The zero-order valence-corrected chi connectivity index (χ0v) is 14.0. The molecule has 1 atom stereocenters. The molecular weight excluding hydrogens is 360 g/mol. The number of aryl methyl sites for hydroxylation is 1. The van der Waals surface area contributed by atoms with Crippen molar-refractivity contribution in [3.63, 3.8) is 0 Å². The smallest absolute Gasteiger partial charge is 0.128 e. The van der Waals surface area contributed by atoms with Crippen LogP contribution in [0.5, 0.6) is 0 Å². The van der Waals surface area contributed by atoms with Crippen LogP contribution in [0.1, 0.15) is 29.7 Å². The molecule has 0 aliphatic heterocycles. The normalized spacial score (nSPS) is 12.5. The summed E-state index contributed by atoms with van der Waals surface area (Å²) < 4.78 is 28.8. The van der Waals surface area contributed by atoms with Gasteiger partial charge in [0.2, 0.25) is 0 Å². The first kappa shape index (κ1) is 16.4. The van der Waals surface area contributed by atoms with Gasteiger partial charge in [0.25, 0.3) is 0 Å². The van der Waals surface area contributed by atoms with Gasteiger partial charge in [-0.25, -0.2) is 8.78 Å². The minimum absolute atomic E-state index is 0.250. The van der Waals surface area contributed by atoms with Gasteiger partial charge in [0.15, 0.2) is 0 Å². The van der Waals surface area contributed by atoms with Crippen LogP contribution in [0.25, 0.3) is 0 Å². The van der Waals surface area contributed by atoms with Crippen molar-refractivity contribution in [2.24, 2.45) is 0 Å². The first-order chi connectivity index (χ1) is 9.95. The van der Waals surface area contributed by atoms with Gasteiger partial charge in [0, 0.05) is 10.0 Å². The molecule has 0 amide bonds. The van der Waals surface area contributed by atoms with Crippen LogP contribution in [0.4, 0.5) is 8.78 Å². The monoisotopic (exact) mass is 373 g/mol. The Morgan fingerprint density at radius 2 is 1.90 bits per heavy atom. The highest BCUT2D eigenvalue weighted by molar-refractivity contribution is 9.10. The van der Waals surface area contributed by atoms with Crippen LogP contribution >= 0.6 is 27.5 Å². The lowest BCUT2D eigenvalue weighted by Crippen LogP contribution is -2.23. The Bertz CT molecular complexity index is 661. The van der Waals surface area contributed by atoms with E-state index in [-0.39, 0.29) is 11.1 Å². The molecule has 0 radical (unpaired) electrons. The highest BCUT2D eigenvalue weighted by atomic mass is 79.9. The molecule has 112 valence electrons. The average molecular weight is 375 g/mol. The van der Waals surface area contributed by atoms with Crippen molar-refractivity contribution in [3.8, 4) is 0 Å². The van der Waals surface area contributed by atoms with Crippen LogP contribution in [0.2, 0.25) is 5.02 Å². The maximum absolute atomic E-state index is 14.3. The summed E-state index contributed by atoms with van der Waals surface area (Å²) in [4.78, 5) is 0. The second-order valence-electron chi connectivity index (χ2n) is 4.76. The molecule has 1 N–H and O–H groups in total. The molecule has 0 aromatic heterocycles. The molecular formula is C16H15BrClF2N. The van der Waals surface area contributed by atoms with Crippen molar-refractivity contribution in [2.75, 3.05) is 6.54 Å². The third-order valence-electron chi connectivity index (χ3n) is 3.29. The Morgan fingerprint density at radius 1 is 1.19 bits per heavy atom. The molecule has 0 bridgehead atoms. The van der Waals surface area contributed by atoms with Gasteiger partial charge in [-0.3, -0.25) is 0 Å². The second kappa shape index (κ2) is 6.86. The number of hydrogen-bond donors (Lipinski definition) is 1. The molecule has 2 aromatic rings. The van der Waals surface area contributed by atoms with Crippen LogP contribution in [-0.2, 0) is 0 Å². The third kappa shape index (κ3) is 3.44. The Hall–Kier alpha value is -0.970. The van der Waals surface area contributed by atoms with Crippen LogP contribution in [0.3, 0.4) is 0 Å². The van der Waals surface area contributed by atoms with Crippen LogP contribution in [0.15, 0.2) is 34.8 Å². The fourth-order valence-electron chi connectivity index (χ4n) is 2.22. The van der Waals surface area contributed by atoms with E-state index < -0.39 is 17.7 Å². The zero-order chi connectivity index (χ0) is 15.6.